The molecular weight excluding hydrogens is 391 g/mol. The van der Waals surface area contributed by atoms with Crippen LogP contribution in [0.1, 0.15) is 56.2 Å². The predicted molar refractivity (Wildman–Crippen MR) is 109 cm³/mol. The number of esters is 1. The molecule has 0 amide bonds. The molecule has 1 atom stereocenters. The van der Waals surface area contributed by atoms with Gasteiger partial charge in [0.25, 0.3) is 0 Å². The van der Waals surface area contributed by atoms with Gasteiger partial charge in [0.2, 0.25) is 5.83 Å². The maximum absolute atomic E-state index is 14.3. The summed E-state index contributed by atoms with van der Waals surface area (Å²) in [5.41, 5.74) is 0.668. The number of carbonyl (C=O) groups is 1. The molecule has 2 aromatic carbocycles. The van der Waals surface area contributed by atoms with Crippen LogP contribution in [0.15, 0.2) is 48.3 Å². The lowest BCUT2D eigenvalue weighted by Crippen LogP contribution is -2.10. The molecule has 0 bridgehead atoms. The van der Waals surface area contributed by atoms with Crippen LogP contribution in [-0.2, 0) is 11.2 Å². The third-order valence-corrected chi connectivity index (χ3v) is 4.79. The highest BCUT2D eigenvalue weighted by Crippen LogP contribution is 2.25. The van der Waals surface area contributed by atoms with Crippen LogP contribution in [0.2, 0.25) is 0 Å². The number of hydrogen-bond donors (Lipinski definition) is 0. The summed E-state index contributed by atoms with van der Waals surface area (Å²) < 4.78 is 46.7. The molecule has 1 unspecified atom stereocenters. The molecule has 0 aromatic heterocycles. The van der Waals surface area contributed by atoms with E-state index in [2.05, 4.69) is 18.6 Å². The van der Waals surface area contributed by atoms with Crippen molar-refractivity contribution >= 4 is 11.8 Å². The first-order valence-corrected chi connectivity index (χ1v) is 9.92. The lowest BCUT2D eigenvalue weighted by molar-refractivity contribution is -0.131. The Bertz CT molecular complexity index is 946. The molecule has 0 aliphatic heterocycles. The molecule has 0 saturated heterocycles. The quantitative estimate of drug-likeness (QED) is 0.261. The lowest BCUT2D eigenvalue weighted by Gasteiger charge is -2.09. The third-order valence-electron chi connectivity index (χ3n) is 4.79. The van der Waals surface area contributed by atoms with Gasteiger partial charge >= 0.3 is 5.97 Å². The van der Waals surface area contributed by atoms with Crippen molar-refractivity contribution < 1.29 is 22.7 Å². The summed E-state index contributed by atoms with van der Waals surface area (Å²) in [6.07, 6.45) is 5.32. The lowest BCUT2D eigenvalue weighted by atomic mass is 9.97. The molecular formula is C24H24F3NO2. The highest BCUT2D eigenvalue weighted by atomic mass is 19.2. The summed E-state index contributed by atoms with van der Waals surface area (Å²) in [4.78, 5) is 11.8. The van der Waals surface area contributed by atoms with Crippen LogP contribution >= 0.6 is 0 Å². The number of halogens is 3. The SMILES string of the molecule is CCCC(C)CCCc1ccc(/C(F)=C(\F)C(=O)Oc2ccc(C#N)c(F)c2)cc1. The minimum atomic E-state index is -1.71. The molecule has 0 spiro atoms. The van der Waals surface area contributed by atoms with E-state index in [4.69, 9.17) is 5.26 Å². The molecule has 2 rings (SSSR count). The summed E-state index contributed by atoms with van der Waals surface area (Å²) in [7, 11) is 0. The number of rotatable bonds is 9. The second-order valence-electron chi connectivity index (χ2n) is 7.25. The smallest absolute Gasteiger partial charge is 0.375 e. The van der Waals surface area contributed by atoms with Crippen LogP contribution in [0.25, 0.3) is 5.83 Å². The fraction of sp³-hybridized carbons (Fsp3) is 0.333. The number of carbonyl (C=O) groups excluding carboxylic acids is 1. The summed E-state index contributed by atoms with van der Waals surface area (Å²) in [6, 6.07) is 10.8. The monoisotopic (exact) mass is 415 g/mol. The standard InChI is InChI=1S/C24H24F3NO2/c1-3-5-16(2)6-4-7-17-8-10-18(11-9-17)22(26)23(27)24(29)30-20-13-12-19(15-28)21(25)14-20/h8-14,16H,3-7H2,1-2H3/b23-22+. The van der Waals surface area contributed by atoms with E-state index in [-0.39, 0.29) is 16.9 Å². The molecule has 0 aliphatic rings. The highest BCUT2D eigenvalue weighted by molar-refractivity contribution is 5.94. The molecule has 0 radical (unpaired) electrons. The van der Waals surface area contributed by atoms with Crippen molar-refractivity contribution in [3.05, 3.63) is 70.8 Å². The highest BCUT2D eigenvalue weighted by Gasteiger charge is 2.20. The molecule has 0 heterocycles. The minimum absolute atomic E-state index is 0.0847. The Hall–Kier alpha value is -3.07. The number of nitriles is 1. The first kappa shape index (κ1) is 23.2. The van der Waals surface area contributed by atoms with E-state index in [1.165, 1.54) is 18.6 Å². The number of hydrogen-bond acceptors (Lipinski definition) is 3. The van der Waals surface area contributed by atoms with Crippen molar-refractivity contribution in [1.82, 2.24) is 0 Å². The van der Waals surface area contributed by atoms with Gasteiger partial charge in [-0.1, -0.05) is 57.4 Å². The Morgan fingerprint density at radius 2 is 1.83 bits per heavy atom. The van der Waals surface area contributed by atoms with Crippen LogP contribution in [0.4, 0.5) is 13.2 Å². The van der Waals surface area contributed by atoms with Gasteiger partial charge in [0.1, 0.15) is 17.6 Å². The number of ether oxygens (including phenoxy) is 1. The Morgan fingerprint density at radius 1 is 1.13 bits per heavy atom. The average Bonchev–Trinajstić information content (AvgIpc) is 2.73. The summed E-state index contributed by atoms with van der Waals surface area (Å²) >= 11 is 0. The zero-order valence-electron chi connectivity index (χ0n) is 17.1. The Kier molecular flexibility index (Phi) is 8.67. The van der Waals surface area contributed by atoms with Crippen molar-refractivity contribution in [2.45, 2.75) is 46.0 Å². The van der Waals surface area contributed by atoms with Crippen LogP contribution in [0.5, 0.6) is 5.75 Å². The third kappa shape index (κ3) is 6.48. The maximum atomic E-state index is 14.3. The van der Waals surface area contributed by atoms with Crippen LogP contribution in [0.3, 0.4) is 0 Å². The average molecular weight is 415 g/mol. The molecule has 0 saturated carbocycles. The predicted octanol–water partition coefficient (Wildman–Crippen LogP) is 6.67. The van der Waals surface area contributed by atoms with Gasteiger partial charge in [-0.15, -0.1) is 0 Å². The largest absolute Gasteiger partial charge is 0.421 e. The van der Waals surface area contributed by atoms with E-state index in [0.717, 1.165) is 49.4 Å². The van der Waals surface area contributed by atoms with E-state index in [1.807, 2.05) is 0 Å². The maximum Gasteiger partial charge on any atom is 0.375 e. The van der Waals surface area contributed by atoms with E-state index >= 15 is 0 Å². The van der Waals surface area contributed by atoms with Crippen molar-refractivity contribution in [2.75, 3.05) is 0 Å². The molecule has 0 N–H and O–H groups in total. The van der Waals surface area contributed by atoms with E-state index < -0.39 is 23.4 Å². The molecule has 30 heavy (non-hydrogen) atoms. The van der Waals surface area contributed by atoms with Crippen LogP contribution in [0, 0.1) is 23.1 Å². The Labute approximate surface area is 174 Å². The Morgan fingerprint density at radius 3 is 2.43 bits per heavy atom. The van der Waals surface area contributed by atoms with E-state index in [0.29, 0.717) is 5.92 Å². The van der Waals surface area contributed by atoms with E-state index in [1.54, 1.807) is 18.2 Å². The molecule has 2 aromatic rings. The van der Waals surface area contributed by atoms with Crippen molar-refractivity contribution in [1.29, 1.82) is 5.26 Å². The van der Waals surface area contributed by atoms with Gasteiger partial charge in [0, 0.05) is 11.6 Å². The summed E-state index contributed by atoms with van der Waals surface area (Å²) in [6.45, 7) is 4.38. The van der Waals surface area contributed by atoms with Gasteiger partial charge in [-0.3, -0.25) is 0 Å². The normalized spacial score (nSPS) is 12.7. The summed E-state index contributed by atoms with van der Waals surface area (Å²) in [5, 5.41) is 8.68. The number of benzene rings is 2. The van der Waals surface area contributed by atoms with Gasteiger partial charge < -0.3 is 4.74 Å². The van der Waals surface area contributed by atoms with Crippen LogP contribution in [-0.4, -0.2) is 5.97 Å². The zero-order chi connectivity index (χ0) is 22.1. The second-order valence-corrected chi connectivity index (χ2v) is 7.25. The van der Waals surface area contributed by atoms with Crippen LogP contribution < -0.4 is 4.74 Å². The fourth-order valence-electron chi connectivity index (χ4n) is 3.13. The molecule has 6 heteroatoms. The van der Waals surface area contributed by atoms with E-state index in [9.17, 15) is 18.0 Å². The first-order chi connectivity index (χ1) is 14.3. The molecule has 0 aliphatic carbocycles. The second kappa shape index (κ2) is 11.2. The van der Waals surface area contributed by atoms with Crippen molar-refractivity contribution in [3.63, 3.8) is 0 Å². The van der Waals surface area contributed by atoms with Crippen molar-refractivity contribution in [3.8, 4) is 11.8 Å². The topological polar surface area (TPSA) is 50.1 Å². The van der Waals surface area contributed by atoms with Gasteiger partial charge in [0.05, 0.1) is 5.56 Å². The van der Waals surface area contributed by atoms with Gasteiger partial charge in [-0.05, 0) is 36.5 Å². The van der Waals surface area contributed by atoms with Gasteiger partial charge in [0.15, 0.2) is 5.83 Å². The zero-order valence-corrected chi connectivity index (χ0v) is 17.1. The number of nitrogens with zero attached hydrogens (tertiary/aromatic N) is 1. The summed E-state index contributed by atoms with van der Waals surface area (Å²) in [5.74, 6) is -5.22. The first-order valence-electron chi connectivity index (χ1n) is 9.92. The number of aryl methyl sites for hydroxylation is 1. The van der Waals surface area contributed by atoms with Gasteiger partial charge in [-0.25, -0.2) is 13.6 Å². The molecule has 158 valence electrons. The molecule has 0 fully saturated rings. The fourth-order valence-corrected chi connectivity index (χ4v) is 3.13. The minimum Gasteiger partial charge on any atom is -0.421 e. The Balaban J connectivity index is 2.01. The van der Waals surface area contributed by atoms with Gasteiger partial charge in [-0.2, -0.15) is 9.65 Å². The van der Waals surface area contributed by atoms with Crippen molar-refractivity contribution in [2.24, 2.45) is 5.92 Å². The molecule has 3 nitrogen and oxygen atoms in total.